The number of pyridine rings is 1. The molecule has 1 atom stereocenters. The first kappa shape index (κ1) is 16.2. The second kappa shape index (κ2) is 8.95. The van der Waals surface area contributed by atoms with E-state index in [9.17, 15) is 4.39 Å². The SMILES string of the molecule is COC(CF)CNCCCCc1ccc2c(n1)NCCC2. The molecule has 4 nitrogen and oxygen atoms in total. The highest BCUT2D eigenvalue weighted by atomic mass is 19.1. The topological polar surface area (TPSA) is 46.2 Å². The molecule has 0 bridgehead atoms. The molecule has 0 saturated heterocycles. The standard InChI is InChI=1S/C16H26FN3O/c1-21-15(11-17)12-18-9-3-2-6-14-8-7-13-5-4-10-19-16(13)20-14/h7-8,15,18H,2-6,9-12H2,1H3,(H,19,20). The monoisotopic (exact) mass is 295 g/mol. The number of methoxy groups -OCH3 is 1. The summed E-state index contributed by atoms with van der Waals surface area (Å²) in [6.45, 7) is 2.06. The summed E-state index contributed by atoms with van der Waals surface area (Å²) in [5, 5.41) is 6.59. The fourth-order valence-corrected chi connectivity index (χ4v) is 2.53. The number of nitrogens with one attached hydrogen (secondary N) is 2. The van der Waals surface area contributed by atoms with Crippen molar-refractivity contribution in [3.05, 3.63) is 23.4 Å². The fraction of sp³-hybridized carbons (Fsp3) is 0.688. The molecule has 2 rings (SSSR count). The predicted molar refractivity (Wildman–Crippen MR) is 83.6 cm³/mol. The van der Waals surface area contributed by atoms with Gasteiger partial charge in [0.2, 0.25) is 0 Å². The van der Waals surface area contributed by atoms with Crippen LogP contribution in [-0.4, -0.2) is 44.5 Å². The maximum Gasteiger partial charge on any atom is 0.129 e. The lowest BCUT2D eigenvalue weighted by Crippen LogP contribution is -2.30. The number of fused-ring (bicyclic) bond motifs is 1. The van der Waals surface area contributed by atoms with Crippen molar-refractivity contribution in [1.29, 1.82) is 0 Å². The van der Waals surface area contributed by atoms with Crippen LogP contribution in [0.25, 0.3) is 0 Å². The predicted octanol–water partition coefficient (Wildman–Crippen LogP) is 2.34. The fourth-order valence-electron chi connectivity index (χ4n) is 2.53. The molecule has 5 heteroatoms. The minimum atomic E-state index is -0.435. The maximum atomic E-state index is 12.4. The molecule has 21 heavy (non-hydrogen) atoms. The summed E-state index contributed by atoms with van der Waals surface area (Å²) in [4.78, 5) is 4.68. The summed E-state index contributed by atoms with van der Waals surface area (Å²) in [5.74, 6) is 1.07. The quantitative estimate of drug-likeness (QED) is 0.687. The van der Waals surface area contributed by atoms with Gasteiger partial charge in [0.1, 0.15) is 12.5 Å². The lowest BCUT2D eigenvalue weighted by atomic mass is 10.1. The highest BCUT2D eigenvalue weighted by Gasteiger charge is 2.10. The first-order valence-corrected chi connectivity index (χ1v) is 7.85. The smallest absolute Gasteiger partial charge is 0.129 e. The van der Waals surface area contributed by atoms with Crippen LogP contribution in [-0.2, 0) is 17.6 Å². The van der Waals surface area contributed by atoms with Crippen LogP contribution >= 0.6 is 0 Å². The molecule has 0 aliphatic carbocycles. The van der Waals surface area contributed by atoms with Crippen LogP contribution in [0.15, 0.2) is 12.1 Å². The van der Waals surface area contributed by atoms with Crippen molar-refractivity contribution in [2.24, 2.45) is 0 Å². The van der Waals surface area contributed by atoms with Crippen molar-refractivity contribution >= 4 is 5.82 Å². The van der Waals surface area contributed by atoms with Crippen LogP contribution in [0.2, 0.25) is 0 Å². The van der Waals surface area contributed by atoms with Gasteiger partial charge in [-0.3, -0.25) is 0 Å². The number of rotatable bonds is 9. The highest BCUT2D eigenvalue weighted by Crippen LogP contribution is 2.20. The molecule has 0 aromatic carbocycles. The molecule has 1 aliphatic rings. The van der Waals surface area contributed by atoms with Crippen molar-refractivity contribution in [2.45, 2.75) is 38.2 Å². The van der Waals surface area contributed by atoms with Crippen molar-refractivity contribution in [3.63, 3.8) is 0 Å². The Morgan fingerprint density at radius 1 is 1.43 bits per heavy atom. The van der Waals surface area contributed by atoms with E-state index in [-0.39, 0.29) is 6.10 Å². The summed E-state index contributed by atoms with van der Waals surface area (Å²) in [7, 11) is 1.54. The van der Waals surface area contributed by atoms with E-state index in [0.29, 0.717) is 6.54 Å². The minimum absolute atomic E-state index is 0.321. The van der Waals surface area contributed by atoms with E-state index >= 15 is 0 Å². The van der Waals surface area contributed by atoms with Crippen LogP contribution in [0, 0.1) is 0 Å². The van der Waals surface area contributed by atoms with Crippen molar-refractivity contribution in [1.82, 2.24) is 10.3 Å². The van der Waals surface area contributed by atoms with Crippen LogP contribution in [0.4, 0.5) is 10.2 Å². The molecule has 1 aromatic rings. The van der Waals surface area contributed by atoms with Gasteiger partial charge in [-0.2, -0.15) is 0 Å². The van der Waals surface area contributed by atoms with Crippen molar-refractivity contribution in [2.75, 3.05) is 38.7 Å². The zero-order chi connectivity index (χ0) is 14.9. The van der Waals surface area contributed by atoms with Gasteiger partial charge in [-0.1, -0.05) is 6.07 Å². The van der Waals surface area contributed by atoms with E-state index in [1.807, 2.05) is 0 Å². The van der Waals surface area contributed by atoms with Gasteiger partial charge in [0, 0.05) is 25.9 Å². The van der Waals surface area contributed by atoms with E-state index in [1.165, 1.54) is 12.0 Å². The molecule has 0 saturated carbocycles. The van der Waals surface area contributed by atoms with Gasteiger partial charge in [0.15, 0.2) is 0 Å². The van der Waals surface area contributed by atoms with Crippen LogP contribution in [0.1, 0.15) is 30.5 Å². The number of aryl methyl sites for hydroxylation is 2. The molecule has 0 fully saturated rings. The Morgan fingerprint density at radius 3 is 3.14 bits per heavy atom. The largest absolute Gasteiger partial charge is 0.377 e. The number of hydrogen-bond donors (Lipinski definition) is 2. The lowest BCUT2D eigenvalue weighted by Gasteiger charge is -2.17. The molecule has 0 spiro atoms. The first-order valence-electron chi connectivity index (χ1n) is 7.85. The number of hydrogen-bond acceptors (Lipinski definition) is 4. The summed E-state index contributed by atoms with van der Waals surface area (Å²) in [6.07, 6.45) is 5.16. The second-order valence-electron chi connectivity index (χ2n) is 5.51. The molecular weight excluding hydrogens is 269 g/mol. The lowest BCUT2D eigenvalue weighted by molar-refractivity contribution is 0.0791. The van der Waals surface area contributed by atoms with E-state index < -0.39 is 6.67 Å². The van der Waals surface area contributed by atoms with E-state index in [2.05, 4.69) is 27.8 Å². The summed E-state index contributed by atoms with van der Waals surface area (Å²) in [6, 6.07) is 4.34. The Kier molecular flexibility index (Phi) is 6.89. The van der Waals surface area contributed by atoms with Gasteiger partial charge in [-0.15, -0.1) is 0 Å². The molecule has 0 amide bonds. The Labute approximate surface area is 126 Å². The second-order valence-corrected chi connectivity index (χ2v) is 5.51. The van der Waals surface area contributed by atoms with Gasteiger partial charge >= 0.3 is 0 Å². The van der Waals surface area contributed by atoms with Crippen molar-refractivity contribution in [3.8, 4) is 0 Å². The summed E-state index contributed by atoms with van der Waals surface area (Å²) >= 11 is 0. The maximum absolute atomic E-state index is 12.4. The number of anilines is 1. The van der Waals surface area contributed by atoms with Crippen molar-refractivity contribution < 1.29 is 9.13 Å². The first-order chi connectivity index (χ1) is 10.3. The van der Waals surface area contributed by atoms with Crippen LogP contribution in [0.5, 0.6) is 0 Å². The van der Waals surface area contributed by atoms with Gasteiger partial charge < -0.3 is 15.4 Å². The van der Waals surface area contributed by atoms with Crippen LogP contribution < -0.4 is 10.6 Å². The number of halogens is 1. The zero-order valence-electron chi connectivity index (χ0n) is 12.8. The summed E-state index contributed by atoms with van der Waals surface area (Å²) < 4.78 is 17.4. The van der Waals surface area contributed by atoms with Gasteiger partial charge in [-0.25, -0.2) is 9.37 Å². The molecule has 2 N–H and O–H groups in total. The zero-order valence-corrected chi connectivity index (χ0v) is 12.8. The number of ether oxygens (including phenoxy) is 1. The minimum Gasteiger partial charge on any atom is -0.377 e. The number of unbranched alkanes of at least 4 members (excludes halogenated alkanes) is 1. The van der Waals surface area contributed by atoms with E-state index in [0.717, 1.165) is 50.3 Å². The number of nitrogens with zero attached hydrogens (tertiary/aromatic N) is 1. The van der Waals surface area contributed by atoms with Gasteiger partial charge in [0.25, 0.3) is 0 Å². The Hall–Kier alpha value is -1.20. The average Bonchev–Trinajstić information content (AvgIpc) is 2.54. The molecule has 0 radical (unpaired) electrons. The molecule has 118 valence electrons. The highest BCUT2D eigenvalue weighted by molar-refractivity contribution is 5.46. The van der Waals surface area contributed by atoms with E-state index in [1.54, 1.807) is 7.11 Å². The number of aromatic nitrogens is 1. The normalized spacial score (nSPS) is 15.3. The Bertz CT molecular complexity index is 424. The number of alkyl halides is 1. The van der Waals surface area contributed by atoms with Gasteiger partial charge in [-0.05, 0) is 50.3 Å². The third kappa shape index (κ3) is 5.25. The molecule has 1 unspecified atom stereocenters. The molecule has 2 heterocycles. The average molecular weight is 295 g/mol. The Morgan fingerprint density at radius 2 is 2.33 bits per heavy atom. The third-order valence-corrected chi connectivity index (χ3v) is 3.87. The molecular formula is C16H26FN3O. The van der Waals surface area contributed by atoms with Crippen LogP contribution in [0.3, 0.4) is 0 Å². The van der Waals surface area contributed by atoms with Gasteiger partial charge in [0.05, 0.1) is 6.10 Å². The Balaban J connectivity index is 1.63. The summed E-state index contributed by atoms with van der Waals surface area (Å²) in [5.41, 5.74) is 2.49. The third-order valence-electron chi connectivity index (χ3n) is 3.87. The molecule has 1 aromatic heterocycles. The van der Waals surface area contributed by atoms with E-state index in [4.69, 9.17) is 4.74 Å². The molecule has 1 aliphatic heterocycles.